The number of benzene rings is 2. The van der Waals surface area contributed by atoms with Crippen LogP contribution >= 0.6 is 0 Å². The van der Waals surface area contributed by atoms with Crippen LogP contribution in [0.5, 0.6) is 11.5 Å². The lowest BCUT2D eigenvalue weighted by Gasteiger charge is -2.08. The Balaban J connectivity index is 1.40. The molecule has 5 heteroatoms. The Hall–Kier alpha value is -3.47. The zero-order chi connectivity index (χ0) is 27.7. The van der Waals surface area contributed by atoms with Crippen LogP contribution in [-0.4, -0.2) is 22.5 Å². The highest BCUT2D eigenvalue weighted by Crippen LogP contribution is 2.21. The number of ether oxygens (including phenoxy) is 2. The zero-order valence-corrected chi connectivity index (χ0v) is 23.7. The van der Waals surface area contributed by atoms with E-state index in [4.69, 9.17) is 9.47 Å². The van der Waals surface area contributed by atoms with Gasteiger partial charge in [0, 0.05) is 18.0 Å². The van der Waals surface area contributed by atoms with E-state index in [1.165, 1.54) is 50.5 Å². The quantitative estimate of drug-likeness (QED) is 0.0713. The number of unbranched alkanes of at least 4 members (excludes halogenated alkanes) is 6. The third-order valence-electron chi connectivity index (χ3n) is 7.05. The number of esters is 1. The molecule has 208 valence electrons. The second-order valence-corrected chi connectivity index (χ2v) is 10.3. The number of carbonyl (C=O) groups is 1. The predicted molar refractivity (Wildman–Crippen MR) is 159 cm³/mol. The number of carbonyl (C=O) groups excluding carboxylic acids is 1. The van der Waals surface area contributed by atoms with Gasteiger partial charge in [-0.15, -0.1) is 6.58 Å². The minimum Gasteiger partial charge on any atom is -0.494 e. The van der Waals surface area contributed by atoms with Gasteiger partial charge in [0.2, 0.25) is 0 Å². The van der Waals surface area contributed by atoms with Crippen molar-refractivity contribution in [3.63, 3.8) is 0 Å². The summed E-state index contributed by atoms with van der Waals surface area (Å²) >= 11 is 0. The van der Waals surface area contributed by atoms with Crippen LogP contribution in [0.2, 0.25) is 0 Å². The van der Waals surface area contributed by atoms with Crippen molar-refractivity contribution in [2.24, 2.45) is 5.92 Å². The summed E-state index contributed by atoms with van der Waals surface area (Å²) in [4.78, 5) is 21.7. The first kappa shape index (κ1) is 30.1. The maximum atomic E-state index is 12.6. The minimum atomic E-state index is -0.400. The number of aryl methyl sites for hydroxylation is 1. The molecular weight excluding hydrogens is 484 g/mol. The highest BCUT2D eigenvalue weighted by molar-refractivity contribution is 5.91. The van der Waals surface area contributed by atoms with Crippen LogP contribution in [0.25, 0.3) is 11.4 Å². The molecule has 3 aromatic rings. The summed E-state index contributed by atoms with van der Waals surface area (Å²) in [6, 6.07) is 14.4. The van der Waals surface area contributed by atoms with Crippen LogP contribution in [-0.2, 0) is 6.42 Å². The number of nitrogens with zero attached hydrogens (tertiary/aromatic N) is 2. The van der Waals surface area contributed by atoms with Crippen LogP contribution in [0.4, 0.5) is 0 Å². The van der Waals surface area contributed by atoms with E-state index in [2.05, 4.69) is 30.4 Å². The van der Waals surface area contributed by atoms with Gasteiger partial charge in [0.05, 0.1) is 12.2 Å². The monoisotopic (exact) mass is 528 g/mol. The molecule has 0 saturated carbocycles. The van der Waals surface area contributed by atoms with Crippen molar-refractivity contribution in [1.29, 1.82) is 0 Å². The Labute approximate surface area is 234 Å². The number of rotatable bonds is 18. The largest absolute Gasteiger partial charge is 0.494 e. The Morgan fingerprint density at radius 1 is 0.872 bits per heavy atom. The molecule has 0 fully saturated rings. The van der Waals surface area contributed by atoms with Crippen LogP contribution in [0.3, 0.4) is 0 Å². The van der Waals surface area contributed by atoms with Gasteiger partial charge < -0.3 is 9.47 Å². The van der Waals surface area contributed by atoms with Gasteiger partial charge in [0.15, 0.2) is 5.82 Å². The standard InChI is InChI=1S/C34H44N2O3/c1-4-6-7-8-9-10-13-24-38-31-20-18-30(19-21-31)34(37)39-32-22-16-29(17-23-32)33-35-25-28(26-36-33)15-12-11-14-27(3)5-2/h4,16-23,25-27H,1,5-15,24H2,2-3H3. The molecule has 0 radical (unpaired) electrons. The van der Waals surface area contributed by atoms with Gasteiger partial charge in [-0.3, -0.25) is 0 Å². The van der Waals surface area contributed by atoms with Gasteiger partial charge in [0.25, 0.3) is 0 Å². The normalized spacial score (nSPS) is 11.6. The van der Waals surface area contributed by atoms with E-state index in [1.807, 2.05) is 42.7 Å². The Morgan fingerprint density at radius 3 is 2.23 bits per heavy atom. The van der Waals surface area contributed by atoms with E-state index in [-0.39, 0.29) is 0 Å². The van der Waals surface area contributed by atoms with E-state index in [1.54, 1.807) is 24.3 Å². The molecule has 0 spiro atoms. The van der Waals surface area contributed by atoms with E-state index in [0.717, 1.165) is 42.9 Å². The first-order valence-electron chi connectivity index (χ1n) is 14.6. The van der Waals surface area contributed by atoms with Gasteiger partial charge in [-0.05, 0) is 92.1 Å². The smallest absolute Gasteiger partial charge is 0.343 e. The molecule has 0 N–H and O–H groups in total. The Bertz CT molecular complexity index is 1110. The predicted octanol–water partition coefficient (Wildman–Crippen LogP) is 9.03. The average Bonchev–Trinajstić information content (AvgIpc) is 2.97. The van der Waals surface area contributed by atoms with Gasteiger partial charge in [0.1, 0.15) is 11.5 Å². The molecule has 39 heavy (non-hydrogen) atoms. The number of aromatic nitrogens is 2. The first-order valence-corrected chi connectivity index (χ1v) is 14.6. The van der Waals surface area contributed by atoms with Crippen LogP contribution in [0.15, 0.2) is 73.6 Å². The molecule has 1 unspecified atom stereocenters. The highest BCUT2D eigenvalue weighted by atomic mass is 16.5. The zero-order valence-electron chi connectivity index (χ0n) is 23.7. The van der Waals surface area contributed by atoms with E-state index in [0.29, 0.717) is 23.7 Å². The Morgan fingerprint density at radius 2 is 1.54 bits per heavy atom. The van der Waals surface area contributed by atoms with Crippen molar-refractivity contribution in [2.75, 3.05) is 6.61 Å². The Kier molecular flexibility index (Phi) is 13.3. The fourth-order valence-electron chi connectivity index (χ4n) is 4.30. The van der Waals surface area contributed by atoms with Crippen molar-refractivity contribution in [3.05, 3.63) is 84.7 Å². The summed E-state index contributed by atoms with van der Waals surface area (Å²) < 4.78 is 11.4. The molecule has 0 aliphatic rings. The second kappa shape index (κ2) is 17.2. The van der Waals surface area contributed by atoms with Gasteiger partial charge in [-0.2, -0.15) is 0 Å². The minimum absolute atomic E-state index is 0.400. The molecule has 0 aliphatic heterocycles. The maximum Gasteiger partial charge on any atom is 0.343 e. The maximum absolute atomic E-state index is 12.6. The summed E-state index contributed by atoms with van der Waals surface area (Å²) in [5.74, 6) is 2.31. The van der Waals surface area contributed by atoms with Crippen molar-refractivity contribution in [2.45, 2.75) is 84.5 Å². The molecule has 1 aromatic heterocycles. The van der Waals surface area contributed by atoms with Crippen molar-refractivity contribution < 1.29 is 14.3 Å². The summed E-state index contributed by atoms with van der Waals surface area (Å²) in [5.41, 5.74) is 2.54. The van der Waals surface area contributed by atoms with Crippen molar-refractivity contribution >= 4 is 5.97 Å². The van der Waals surface area contributed by atoms with Gasteiger partial charge >= 0.3 is 5.97 Å². The summed E-state index contributed by atoms with van der Waals surface area (Å²) in [7, 11) is 0. The topological polar surface area (TPSA) is 61.3 Å². The van der Waals surface area contributed by atoms with Crippen LogP contribution in [0.1, 0.15) is 94.0 Å². The molecule has 5 nitrogen and oxygen atoms in total. The number of hydrogen-bond acceptors (Lipinski definition) is 5. The highest BCUT2D eigenvalue weighted by Gasteiger charge is 2.10. The SMILES string of the molecule is C=CCCCCCCCOc1ccc(C(=O)Oc2ccc(-c3ncc(CCCCC(C)CC)cn3)cc2)cc1. The second-order valence-electron chi connectivity index (χ2n) is 10.3. The van der Waals surface area contributed by atoms with E-state index in [9.17, 15) is 4.79 Å². The third kappa shape index (κ3) is 11.0. The summed E-state index contributed by atoms with van der Waals surface area (Å²) in [6.07, 6.45) is 18.7. The molecule has 3 rings (SSSR count). The summed E-state index contributed by atoms with van der Waals surface area (Å²) in [5, 5.41) is 0. The number of allylic oxidation sites excluding steroid dienone is 1. The van der Waals surface area contributed by atoms with Crippen molar-refractivity contribution in [1.82, 2.24) is 9.97 Å². The van der Waals surface area contributed by atoms with Gasteiger partial charge in [-0.25, -0.2) is 14.8 Å². The summed E-state index contributed by atoms with van der Waals surface area (Å²) in [6.45, 7) is 9.00. The molecular formula is C34H44N2O3. The average molecular weight is 529 g/mol. The molecule has 1 heterocycles. The van der Waals surface area contributed by atoms with Gasteiger partial charge in [-0.1, -0.05) is 58.4 Å². The number of hydrogen-bond donors (Lipinski definition) is 0. The first-order chi connectivity index (χ1) is 19.1. The molecule has 1 atom stereocenters. The fraction of sp³-hybridized carbons (Fsp3) is 0.441. The van der Waals surface area contributed by atoms with Crippen LogP contribution < -0.4 is 9.47 Å². The van der Waals surface area contributed by atoms with Crippen LogP contribution in [0, 0.1) is 5.92 Å². The molecule has 0 aliphatic carbocycles. The molecule has 0 bridgehead atoms. The third-order valence-corrected chi connectivity index (χ3v) is 7.05. The molecule has 2 aromatic carbocycles. The van der Waals surface area contributed by atoms with Crippen molar-refractivity contribution in [3.8, 4) is 22.9 Å². The molecule has 0 amide bonds. The lowest BCUT2D eigenvalue weighted by molar-refractivity contribution is 0.0734. The fourth-order valence-corrected chi connectivity index (χ4v) is 4.30. The molecule has 0 saturated heterocycles. The van der Waals surface area contributed by atoms with E-state index < -0.39 is 5.97 Å². The lowest BCUT2D eigenvalue weighted by Crippen LogP contribution is -2.08. The van der Waals surface area contributed by atoms with E-state index >= 15 is 0 Å². The lowest BCUT2D eigenvalue weighted by atomic mass is 10.00.